The molecule has 5 nitrogen and oxygen atoms in total. The quantitative estimate of drug-likeness (QED) is 0.835. The summed E-state index contributed by atoms with van der Waals surface area (Å²) in [5, 5.41) is 18.9. The van der Waals surface area contributed by atoms with Crippen LogP contribution in [-0.4, -0.2) is 25.7 Å². The number of nitriles is 1. The highest BCUT2D eigenvalue weighted by atomic mass is 32.2. The fraction of sp³-hybridized carbons (Fsp3) is 0.500. The van der Waals surface area contributed by atoms with Crippen LogP contribution in [0, 0.1) is 17.2 Å². The molecule has 0 saturated heterocycles. The van der Waals surface area contributed by atoms with Gasteiger partial charge >= 0.3 is 0 Å². The van der Waals surface area contributed by atoms with Crippen molar-refractivity contribution in [2.24, 2.45) is 5.92 Å². The fourth-order valence-electron chi connectivity index (χ4n) is 2.02. The molecule has 0 heterocycles. The highest BCUT2D eigenvalue weighted by Gasteiger charge is 2.25. The van der Waals surface area contributed by atoms with Crippen LogP contribution in [0.1, 0.15) is 32.8 Å². The van der Waals surface area contributed by atoms with Crippen LogP contribution in [-0.2, 0) is 10.0 Å². The molecule has 0 fully saturated rings. The van der Waals surface area contributed by atoms with Crippen LogP contribution < -0.4 is 4.72 Å². The summed E-state index contributed by atoms with van der Waals surface area (Å²) < 4.78 is 26.6. The molecular formula is C14H20N2O3S. The van der Waals surface area contributed by atoms with Crippen LogP contribution in [0.4, 0.5) is 0 Å². The van der Waals surface area contributed by atoms with Crippen molar-refractivity contribution in [3.8, 4) is 6.07 Å². The van der Waals surface area contributed by atoms with E-state index in [2.05, 4.69) is 4.72 Å². The maximum atomic E-state index is 12.1. The van der Waals surface area contributed by atoms with Gasteiger partial charge in [0.2, 0.25) is 10.0 Å². The van der Waals surface area contributed by atoms with Gasteiger partial charge in [-0.15, -0.1) is 0 Å². The van der Waals surface area contributed by atoms with Crippen LogP contribution in [0.5, 0.6) is 0 Å². The zero-order valence-corrected chi connectivity index (χ0v) is 12.7. The van der Waals surface area contributed by atoms with Gasteiger partial charge in [-0.05, 0) is 37.5 Å². The SMILES string of the molecule is CC(C)CC(C)(O)CNS(=O)(=O)c1cccc(C#N)c1. The monoisotopic (exact) mass is 296 g/mol. The number of aliphatic hydroxyl groups is 1. The molecule has 0 aliphatic heterocycles. The Bertz CT molecular complexity index is 601. The number of nitrogens with zero attached hydrogens (tertiary/aromatic N) is 1. The van der Waals surface area contributed by atoms with E-state index in [1.807, 2.05) is 19.9 Å². The standard InChI is InChI=1S/C14H20N2O3S/c1-11(2)8-14(3,17)10-16-20(18,19)13-6-4-5-12(7-13)9-15/h4-7,11,16-17H,8,10H2,1-3H3. The summed E-state index contributed by atoms with van der Waals surface area (Å²) in [4.78, 5) is 0.0249. The lowest BCUT2D eigenvalue weighted by atomic mass is 9.95. The molecule has 0 spiro atoms. The van der Waals surface area contributed by atoms with Crippen LogP contribution in [0.15, 0.2) is 29.2 Å². The minimum absolute atomic E-state index is 0.0249. The van der Waals surface area contributed by atoms with Gasteiger partial charge in [0.05, 0.1) is 22.1 Å². The topological polar surface area (TPSA) is 90.2 Å². The highest BCUT2D eigenvalue weighted by molar-refractivity contribution is 7.89. The summed E-state index contributed by atoms with van der Waals surface area (Å²) >= 11 is 0. The van der Waals surface area contributed by atoms with E-state index >= 15 is 0 Å². The van der Waals surface area contributed by atoms with E-state index in [1.54, 1.807) is 6.92 Å². The molecule has 1 aromatic carbocycles. The minimum Gasteiger partial charge on any atom is -0.389 e. The van der Waals surface area contributed by atoms with Gasteiger partial charge < -0.3 is 5.11 Å². The Morgan fingerprint density at radius 3 is 2.65 bits per heavy atom. The van der Waals surface area contributed by atoms with Gasteiger partial charge in [0.25, 0.3) is 0 Å². The molecule has 0 amide bonds. The normalized spacial score (nSPS) is 14.8. The van der Waals surface area contributed by atoms with Gasteiger partial charge in [-0.25, -0.2) is 13.1 Å². The summed E-state index contributed by atoms with van der Waals surface area (Å²) in [7, 11) is -3.72. The zero-order chi connectivity index (χ0) is 15.4. The molecule has 0 aromatic heterocycles. The maximum absolute atomic E-state index is 12.1. The first-order valence-corrected chi connectivity index (χ1v) is 7.87. The van der Waals surface area contributed by atoms with Gasteiger partial charge in [-0.3, -0.25) is 0 Å². The molecule has 0 aliphatic carbocycles. The summed E-state index contributed by atoms with van der Waals surface area (Å²) in [6.07, 6.45) is 0.494. The zero-order valence-electron chi connectivity index (χ0n) is 11.9. The Labute approximate surface area is 120 Å². The van der Waals surface area contributed by atoms with Crippen molar-refractivity contribution in [2.75, 3.05) is 6.54 Å². The smallest absolute Gasteiger partial charge is 0.240 e. The van der Waals surface area contributed by atoms with E-state index in [0.717, 1.165) is 0 Å². The van der Waals surface area contributed by atoms with Crippen molar-refractivity contribution in [2.45, 2.75) is 37.7 Å². The highest BCUT2D eigenvalue weighted by Crippen LogP contribution is 2.17. The Morgan fingerprint density at radius 1 is 1.45 bits per heavy atom. The van der Waals surface area contributed by atoms with E-state index in [9.17, 15) is 13.5 Å². The second-order valence-corrected chi connectivity index (χ2v) is 7.33. The number of rotatable bonds is 6. The molecule has 1 atom stereocenters. The van der Waals surface area contributed by atoms with Gasteiger partial charge in [0, 0.05) is 6.54 Å². The molecule has 20 heavy (non-hydrogen) atoms. The lowest BCUT2D eigenvalue weighted by molar-refractivity contribution is 0.0437. The van der Waals surface area contributed by atoms with Crippen molar-refractivity contribution in [3.05, 3.63) is 29.8 Å². The van der Waals surface area contributed by atoms with Crippen molar-refractivity contribution in [3.63, 3.8) is 0 Å². The molecular weight excluding hydrogens is 276 g/mol. The number of sulfonamides is 1. The Hall–Kier alpha value is -1.42. The predicted octanol–water partition coefficient (Wildman–Crippen LogP) is 1.63. The van der Waals surface area contributed by atoms with Crippen molar-refractivity contribution < 1.29 is 13.5 Å². The summed E-state index contributed by atoms with van der Waals surface area (Å²) in [6.45, 7) is 5.45. The number of benzene rings is 1. The van der Waals surface area contributed by atoms with E-state index < -0.39 is 15.6 Å². The second-order valence-electron chi connectivity index (χ2n) is 5.56. The van der Waals surface area contributed by atoms with E-state index in [1.165, 1.54) is 24.3 Å². The summed E-state index contributed by atoms with van der Waals surface area (Å²) in [5.74, 6) is 0.261. The third-order valence-corrected chi connectivity index (χ3v) is 4.16. The van der Waals surface area contributed by atoms with Crippen LogP contribution >= 0.6 is 0 Å². The second kappa shape index (κ2) is 6.35. The molecule has 110 valence electrons. The molecule has 0 radical (unpaired) electrons. The van der Waals surface area contributed by atoms with E-state index in [0.29, 0.717) is 6.42 Å². The molecule has 1 unspecified atom stereocenters. The summed E-state index contributed by atoms with van der Waals surface area (Å²) in [5.41, 5.74) is -0.824. The molecule has 6 heteroatoms. The first-order valence-electron chi connectivity index (χ1n) is 6.38. The number of hydrogen-bond acceptors (Lipinski definition) is 4. The number of hydrogen-bond donors (Lipinski definition) is 2. The molecule has 2 N–H and O–H groups in total. The number of nitrogens with one attached hydrogen (secondary N) is 1. The third kappa shape index (κ3) is 4.93. The largest absolute Gasteiger partial charge is 0.389 e. The van der Waals surface area contributed by atoms with Crippen LogP contribution in [0.2, 0.25) is 0 Å². The molecule has 1 aromatic rings. The predicted molar refractivity (Wildman–Crippen MR) is 76.4 cm³/mol. The van der Waals surface area contributed by atoms with Gasteiger partial charge in [-0.1, -0.05) is 19.9 Å². The third-order valence-electron chi connectivity index (χ3n) is 2.76. The Balaban J connectivity index is 2.83. The molecule has 0 aliphatic rings. The molecule has 0 bridgehead atoms. The minimum atomic E-state index is -3.72. The van der Waals surface area contributed by atoms with Gasteiger partial charge in [0.15, 0.2) is 0 Å². The average molecular weight is 296 g/mol. The first kappa shape index (κ1) is 16.6. The van der Waals surface area contributed by atoms with Crippen molar-refractivity contribution >= 4 is 10.0 Å². The van der Waals surface area contributed by atoms with Crippen LogP contribution in [0.3, 0.4) is 0 Å². The average Bonchev–Trinajstić information content (AvgIpc) is 2.35. The molecule has 1 rings (SSSR count). The van der Waals surface area contributed by atoms with E-state index in [4.69, 9.17) is 5.26 Å². The molecule has 0 saturated carbocycles. The van der Waals surface area contributed by atoms with Gasteiger partial charge in [0.1, 0.15) is 0 Å². The fourth-order valence-corrected chi connectivity index (χ4v) is 3.23. The first-order chi connectivity index (χ1) is 9.16. The van der Waals surface area contributed by atoms with Gasteiger partial charge in [-0.2, -0.15) is 5.26 Å². The van der Waals surface area contributed by atoms with Crippen molar-refractivity contribution in [1.82, 2.24) is 4.72 Å². The Kier molecular flexibility index (Phi) is 5.28. The van der Waals surface area contributed by atoms with E-state index in [-0.39, 0.29) is 22.9 Å². The van der Waals surface area contributed by atoms with Crippen molar-refractivity contribution in [1.29, 1.82) is 5.26 Å². The Morgan fingerprint density at radius 2 is 2.10 bits per heavy atom. The lowest BCUT2D eigenvalue weighted by Crippen LogP contribution is -2.41. The van der Waals surface area contributed by atoms with Crippen LogP contribution in [0.25, 0.3) is 0 Å². The lowest BCUT2D eigenvalue weighted by Gasteiger charge is -2.25. The summed E-state index contributed by atoms with van der Waals surface area (Å²) in [6, 6.07) is 7.67. The maximum Gasteiger partial charge on any atom is 0.240 e.